The number of sulfonamides is 1. The molecule has 0 saturated carbocycles. The van der Waals surface area contributed by atoms with Crippen molar-refractivity contribution in [1.29, 1.82) is 0 Å². The molecule has 2 aromatic heterocycles. The van der Waals surface area contributed by atoms with Crippen molar-refractivity contribution in [3.05, 3.63) is 41.3 Å². The summed E-state index contributed by atoms with van der Waals surface area (Å²) < 4.78 is 32.5. The summed E-state index contributed by atoms with van der Waals surface area (Å²) in [5.41, 5.74) is 2.93. The highest BCUT2D eigenvalue weighted by Gasteiger charge is 2.31. The molecule has 27 heavy (non-hydrogen) atoms. The van der Waals surface area contributed by atoms with Gasteiger partial charge in [-0.3, -0.25) is 9.48 Å². The highest BCUT2D eigenvalue weighted by molar-refractivity contribution is 7.92. The lowest BCUT2D eigenvalue weighted by Crippen LogP contribution is -2.38. The number of hydrogen-bond acceptors (Lipinski definition) is 5. The van der Waals surface area contributed by atoms with Crippen molar-refractivity contribution >= 4 is 32.5 Å². The number of aromatic nitrogens is 3. The number of rotatable bonds is 5. The van der Waals surface area contributed by atoms with Gasteiger partial charge in [-0.05, 0) is 37.6 Å². The molecule has 1 amide bonds. The van der Waals surface area contributed by atoms with E-state index < -0.39 is 15.9 Å². The van der Waals surface area contributed by atoms with Crippen LogP contribution in [0.1, 0.15) is 17.0 Å². The fraction of sp³-hybridized carbons (Fsp3) is 0.333. The standard InChI is InChI=1S/C18H22N4O4S/c1-11-18(12(2)21(3)20-11)22(27(5,24)25)17(23)8-13-10-19-16-7-6-14(26-4)9-15(13)16/h6-7,9-10,19H,8H2,1-5H3. The van der Waals surface area contributed by atoms with E-state index in [-0.39, 0.29) is 6.42 Å². The van der Waals surface area contributed by atoms with Gasteiger partial charge in [-0.2, -0.15) is 5.10 Å². The van der Waals surface area contributed by atoms with E-state index in [4.69, 9.17) is 4.74 Å². The van der Waals surface area contributed by atoms with Crippen LogP contribution in [-0.4, -0.2) is 42.5 Å². The maximum Gasteiger partial charge on any atom is 0.245 e. The lowest BCUT2D eigenvalue weighted by molar-refractivity contribution is -0.116. The van der Waals surface area contributed by atoms with E-state index in [0.717, 1.165) is 21.5 Å². The number of nitrogens with one attached hydrogen (secondary N) is 1. The normalized spacial score (nSPS) is 11.7. The Morgan fingerprint density at radius 3 is 2.59 bits per heavy atom. The predicted octanol–water partition coefficient (Wildman–Crippen LogP) is 2.06. The largest absolute Gasteiger partial charge is 0.497 e. The van der Waals surface area contributed by atoms with Crippen molar-refractivity contribution in [2.75, 3.05) is 17.7 Å². The maximum absolute atomic E-state index is 13.0. The topological polar surface area (TPSA) is 97.3 Å². The zero-order chi connectivity index (χ0) is 19.9. The SMILES string of the molecule is COc1ccc2[nH]cc(CC(=O)N(c3c(C)nn(C)c3C)S(C)(=O)=O)c2c1. The van der Waals surface area contributed by atoms with Gasteiger partial charge in [-0.1, -0.05) is 0 Å². The van der Waals surface area contributed by atoms with Crippen LogP contribution in [0.25, 0.3) is 10.9 Å². The number of hydrogen-bond donors (Lipinski definition) is 1. The molecule has 0 bridgehead atoms. The molecule has 0 spiro atoms. The summed E-state index contributed by atoms with van der Waals surface area (Å²) in [5, 5.41) is 5.05. The summed E-state index contributed by atoms with van der Waals surface area (Å²) in [6.07, 6.45) is 2.66. The second kappa shape index (κ2) is 6.73. The van der Waals surface area contributed by atoms with E-state index in [1.54, 1.807) is 38.9 Å². The monoisotopic (exact) mass is 390 g/mol. The molecule has 9 heteroatoms. The summed E-state index contributed by atoms with van der Waals surface area (Å²) >= 11 is 0. The number of H-pyrrole nitrogens is 1. The van der Waals surface area contributed by atoms with E-state index in [2.05, 4.69) is 10.1 Å². The molecule has 0 saturated heterocycles. The third kappa shape index (κ3) is 3.42. The molecule has 1 aromatic carbocycles. The van der Waals surface area contributed by atoms with Crippen molar-refractivity contribution in [3.8, 4) is 5.75 Å². The second-order valence-electron chi connectivity index (χ2n) is 6.47. The van der Waals surface area contributed by atoms with Gasteiger partial charge in [0, 0.05) is 24.1 Å². The quantitative estimate of drug-likeness (QED) is 0.719. The Hall–Kier alpha value is -2.81. The number of benzene rings is 1. The van der Waals surface area contributed by atoms with Crippen LogP contribution in [0.15, 0.2) is 24.4 Å². The molecule has 8 nitrogen and oxygen atoms in total. The van der Waals surface area contributed by atoms with Crippen LogP contribution < -0.4 is 9.04 Å². The molecule has 2 heterocycles. The number of methoxy groups -OCH3 is 1. The Bertz CT molecular complexity index is 1130. The Morgan fingerprint density at radius 1 is 1.33 bits per heavy atom. The first-order valence-corrected chi connectivity index (χ1v) is 10.2. The summed E-state index contributed by atoms with van der Waals surface area (Å²) in [5.74, 6) is 0.120. The molecular weight excluding hydrogens is 368 g/mol. The number of nitrogens with zero attached hydrogens (tertiary/aromatic N) is 3. The molecule has 0 aliphatic carbocycles. The Labute approximate surface area is 157 Å². The van der Waals surface area contributed by atoms with Crippen LogP contribution >= 0.6 is 0 Å². The number of carbonyl (C=O) groups is 1. The molecule has 0 aliphatic heterocycles. The van der Waals surface area contributed by atoms with Crippen molar-refractivity contribution in [3.63, 3.8) is 0 Å². The van der Waals surface area contributed by atoms with Gasteiger partial charge in [0.25, 0.3) is 0 Å². The lowest BCUT2D eigenvalue weighted by atomic mass is 10.1. The van der Waals surface area contributed by atoms with Crippen LogP contribution in [0.3, 0.4) is 0 Å². The number of aryl methyl sites for hydroxylation is 2. The average Bonchev–Trinajstić information content (AvgIpc) is 3.09. The van der Waals surface area contributed by atoms with E-state index in [1.165, 1.54) is 0 Å². The lowest BCUT2D eigenvalue weighted by Gasteiger charge is -2.20. The van der Waals surface area contributed by atoms with Crippen molar-refractivity contribution in [1.82, 2.24) is 14.8 Å². The number of ether oxygens (including phenoxy) is 1. The molecule has 0 fully saturated rings. The number of anilines is 1. The van der Waals surface area contributed by atoms with Gasteiger partial charge < -0.3 is 9.72 Å². The number of fused-ring (bicyclic) bond motifs is 1. The van der Waals surface area contributed by atoms with Gasteiger partial charge in [-0.25, -0.2) is 12.7 Å². The van der Waals surface area contributed by atoms with Crippen molar-refractivity contribution in [2.45, 2.75) is 20.3 Å². The predicted molar refractivity (Wildman–Crippen MR) is 104 cm³/mol. The highest BCUT2D eigenvalue weighted by atomic mass is 32.2. The maximum atomic E-state index is 13.0. The van der Waals surface area contributed by atoms with E-state index in [9.17, 15) is 13.2 Å². The van der Waals surface area contributed by atoms with Gasteiger partial charge in [-0.15, -0.1) is 0 Å². The number of amides is 1. The third-order valence-corrected chi connectivity index (χ3v) is 5.60. The smallest absolute Gasteiger partial charge is 0.245 e. The van der Waals surface area contributed by atoms with Crippen LogP contribution in [0.4, 0.5) is 5.69 Å². The molecule has 1 N–H and O–H groups in total. The summed E-state index contributed by atoms with van der Waals surface area (Å²) in [4.78, 5) is 16.1. The van der Waals surface area contributed by atoms with Crippen LogP contribution in [0.2, 0.25) is 0 Å². The molecule has 0 aliphatic rings. The van der Waals surface area contributed by atoms with Crippen LogP contribution in [0.5, 0.6) is 5.75 Å². The van der Waals surface area contributed by atoms with Gasteiger partial charge >= 0.3 is 0 Å². The minimum Gasteiger partial charge on any atom is -0.497 e. The Kier molecular flexibility index (Phi) is 4.73. The molecule has 0 atom stereocenters. The van der Waals surface area contributed by atoms with Gasteiger partial charge in [0.1, 0.15) is 11.4 Å². The van der Waals surface area contributed by atoms with E-state index >= 15 is 0 Å². The first-order valence-electron chi connectivity index (χ1n) is 8.30. The summed E-state index contributed by atoms with van der Waals surface area (Å²) in [6.45, 7) is 3.42. The molecule has 0 unspecified atom stereocenters. The van der Waals surface area contributed by atoms with Crippen LogP contribution in [-0.2, 0) is 28.3 Å². The van der Waals surface area contributed by atoms with Gasteiger partial charge in [0.2, 0.25) is 15.9 Å². The zero-order valence-corrected chi connectivity index (χ0v) is 16.7. The minimum absolute atomic E-state index is 0.0754. The van der Waals surface area contributed by atoms with Crippen molar-refractivity contribution in [2.24, 2.45) is 7.05 Å². The fourth-order valence-electron chi connectivity index (χ4n) is 3.20. The zero-order valence-electron chi connectivity index (χ0n) is 15.9. The molecule has 0 radical (unpaired) electrons. The third-order valence-electron chi connectivity index (χ3n) is 4.55. The van der Waals surface area contributed by atoms with Crippen molar-refractivity contribution < 1.29 is 17.9 Å². The Balaban J connectivity index is 2.04. The van der Waals surface area contributed by atoms with E-state index in [1.807, 2.05) is 18.2 Å². The second-order valence-corrected chi connectivity index (χ2v) is 8.30. The average molecular weight is 390 g/mol. The molecule has 3 rings (SSSR count). The fourth-order valence-corrected chi connectivity index (χ4v) is 4.23. The summed E-state index contributed by atoms with van der Waals surface area (Å²) in [7, 11) is -0.544. The summed E-state index contributed by atoms with van der Waals surface area (Å²) in [6, 6.07) is 5.49. The molecule has 144 valence electrons. The first kappa shape index (κ1) is 19.0. The molecular formula is C18H22N4O4S. The van der Waals surface area contributed by atoms with Gasteiger partial charge in [0.05, 0.1) is 31.2 Å². The minimum atomic E-state index is -3.82. The van der Waals surface area contributed by atoms with Crippen LogP contribution in [0, 0.1) is 13.8 Å². The molecule has 3 aromatic rings. The first-order chi connectivity index (χ1) is 12.6. The van der Waals surface area contributed by atoms with Gasteiger partial charge in [0.15, 0.2) is 0 Å². The number of carbonyl (C=O) groups excluding carboxylic acids is 1. The Morgan fingerprint density at radius 2 is 2.04 bits per heavy atom. The van der Waals surface area contributed by atoms with E-state index in [0.29, 0.717) is 28.4 Å². The highest BCUT2D eigenvalue weighted by Crippen LogP contribution is 2.29. The number of aromatic amines is 1.